The van der Waals surface area contributed by atoms with Gasteiger partial charge in [-0.15, -0.1) is 0 Å². The van der Waals surface area contributed by atoms with Crippen molar-refractivity contribution in [3.05, 3.63) is 35.9 Å². The Bertz CT molecular complexity index is 727. The Kier molecular flexibility index (Phi) is 4.56. The van der Waals surface area contributed by atoms with Gasteiger partial charge in [-0.1, -0.05) is 18.2 Å². The number of rotatable bonds is 4. The average Bonchev–Trinajstić information content (AvgIpc) is 3.09. The van der Waals surface area contributed by atoms with Crippen LogP contribution in [-0.4, -0.2) is 42.0 Å². The van der Waals surface area contributed by atoms with Crippen LogP contribution < -0.4 is 10.6 Å². The Hall–Kier alpha value is -2.04. The summed E-state index contributed by atoms with van der Waals surface area (Å²) in [6.07, 6.45) is 8.34. The zero-order valence-electron chi connectivity index (χ0n) is 16.5. The summed E-state index contributed by atoms with van der Waals surface area (Å²) in [4.78, 5) is 27.1. The Balaban J connectivity index is 1.07. The van der Waals surface area contributed by atoms with Crippen LogP contribution in [0.4, 0.5) is 4.79 Å². The molecule has 5 aliphatic rings. The number of amides is 3. The Morgan fingerprint density at radius 1 is 1.00 bits per heavy atom. The molecule has 5 heteroatoms. The molecule has 1 saturated heterocycles. The minimum absolute atomic E-state index is 0.0241. The van der Waals surface area contributed by atoms with Crippen molar-refractivity contribution in [2.24, 2.45) is 23.7 Å². The fraction of sp³-hybridized carbons (Fsp3) is 0.652. The molecule has 4 saturated carbocycles. The third kappa shape index (κ3) is 3.29. The second-order valence-corrected chi connectivity index (χ2v) is 9.64. The molecule has 5 fully saturated rings. The van der Waals surface area contributed by atoms with Gasteiger partial charge in [-0.3, -0.25) is 4.79 Å². The van der Waals surface area contributed by atoms with Gasteiger partial charge in [-0.2, -0.15) is 0 Å². The number of hydrogen-bond acceptors (Lipinski definition) is 2. The summed E-state index contributed by atoms with van der Waals surface area (Å²) < 4.78 is 0. The van der Waals surface area contributed by atoms with Crippen LogP contribution in [0.5, 0.6) is 0 Å². The largest absolute Gasteiger partial charge is 0.339 e. The second-order valence-electron chi connectivity index (χ2n) is 9.64. The van der Waals surface area contributed by atoms with Crippen LogP contribution in [-0.2, 0) is 0 Å². The van der Waals surface area contributed by atoms with E-state index in [-0.39, 0.29) is 17.5 Å². The first kappa shape index (κ1) is 18.0. The number of urea groups is 1. The number of benzene rings is 1. The molecule has 1 aromatic carbocycles. The van der Waals surface area contributed by atoms with E-state index in [1.54, 1.807) is 0 Å². The Labute approximate surface area is 167 Å². The summed E-state index contributed by atoms with van der Waals surface area (Å²) >= 11 is 0. The standard InChI is InChI=1S/C23H31N3O2/c27-21(19-4-2-1-3-5-19)26-8-6-16(7-9-26)15-24-22(28)25-23-13-17-10-18(14-23)12-20(23)11-17/h1-5,16-18,20H,6-15H2,(H2,24,25,28). The van der Waals surface area contributed by atoms with Crippen LogP contribution in [0, 0.1) is 23.7 Å². The summed E-state index contributed by atoms with van der Waals surface area (Å²) in [7, 11) is 0. The molecule has 150 valence electrons. The van der Waals surface area contributed by atoms with Gasteiger partial charge in [0.1, 0.15) is 0 Å². The highest BCUT2D eigenvalue weighted by molar-refractivity contribution is 5.94. The first-order valence-electron chi connectivity index (χ1n) is 11.0. The smallest absolute Gasteiger partial charge is 0.315 e. The fourth-order valence-electron chi connectivity index (χ4n) is 6.61. The molecule has 28 heavy (non-hydrogen) atoms. The summed E-state index contributed by atoms with van der Waals surface area (Å²) in [6, 6.07) is 9.53. The molecule has 4 aliphatic carbocycles. The molecule has 2 unspecified atom stereocenters. The van der Waals surface area contributed by atoms with Gasteiger partial charge in [0.05, 0.1) is 0 Å². The predicted molar refractivity (Wildman–Crippen MR) is 108 cm³/mol. The van der Waals surface area contributed by atoms with Gasteiger partial charge >= 0.3 is 6.03 Å². The monoisotopic (exact) mass is 381 g/mol. The number of nitrogens with zero attached hydrogens (tertiary/aromatic N) is 1. The van der Waals surface area contributed by atoms with E-state index in [1.807, 2.05) is 35.2 Å². The molecular weight excluding hydrogens is 350 g/mol. The highest BCUT2D eigenvalue weighted by Gasteiger charge is 2.58. The molecule has 1 aromatic rings. The van der Waals surface area contributed by atoms with E-state index in [0.717, 1.165) is 43.3 Å². The minimum atomic E-state index is 0.0241. The maximum absolute atomic E-state index is 12.6. The lowest BCUT2D eigenvalue weighted by molar-refractivity contribution is 0.0690. The zero-order chi connectivity index (χ0) is 19.1. The Morgan fingerprint density at radius 3 is 2.36 bits per heavy atom. The van der Waals surface area contributed by atoms with Crippen molar-refractivity contribution < 1.29 is 9.59 Å². The van der Waals surface area contributed by atoms with Crippen molar-refractivity contribution in [2.45, 2.75) is 50.5 Å². The first-order valence-corrected chi connectivity index (χ1v) is 11.0. The third-order valence-corrected chi connectivity index (χ3v) is 7.83. The van der Waals surface area contributed by atoms with Gasteiger partial charge in [-0.05, 0) is 80.8 Å². The molecule has 3 amide bonds. The van der Waals surface area contributed by atoms with Crippen molar-refractivity contribution in [1.82, 2.24) is 15.5 Å². The number of nitrogens with one attached hydrogen (secondary N) is 2. The third-order valence-electron chi connectivity index (χ3n) is 7.83. The van der Waals surface area contributed by atoms with E-state index >= 15 is 0 Å². The zero-order valence-corrected chi connectivity index (χ0v) is 16.5. The van der Waals surface area contributed by atoms with Crippen LogP contribution in [0.1, 0.15) is 55.3 Å². The summed E-state index contributed by atoms with van der Waals surface area (Å²) in [5.41, 5.74) is 0.863. The van der Waals surface area contributed by atoms with Gasteiger partial charge in [0, 0.05) is 30.7 Å². The molecule has 4 bridgehead atoms. The molecule has 2 atom stereocenters. The number of likely N-dealkylation sites (tertiary alicyclic amines) is 1. The van der Waals surface area contributed by atoms with E-state index in [4.69, 9.17) is 0 Å². The van der Waals surface area contributed by atoms with Crippen LogP contribution in [0.3, 0.4) is 0 Å². The van der Waals surface area contributed by atoms with Gasteiger partial charge in [0.2, 0.25) is 0 Å². The summed E-state index contributed by atoms with van der Waals surface area (Å²) in [5.74, 6) is 3.00. The van der Waals surface area contributed by atoms with Crippen LogP contribution in [0.2, 0.25) is 0 Å². The predicted octanol–water partition coefficient (Wildman–Crippen LogP) is 3.42. The molecule has 6 rings (SSSR count). The number of carbonyl (C=O) groups excluding carboxylic acids is 2. The van der Waals surface area contributed by atoms with E-state index in [1.165, 1.54) is 32.1 Å². The lowest BCUT2D eigenvalue weighted by atomic mass is 9.80. The van der Waals surface area contributed by atoms with Gasteiger partial charge in [0.15, 0.2) is 0 Å². The van der Waals surface area contributed by atoms with Crippen LogP contribution in [0.15, 0.2) is 30.3 Å². The average molecular weight is 382 g/mol. The summed E-state index contributed by atoms with van der Waals surface area (Å²) in [6.45, 7) is 2.26. The molecule has 1 aliphatic heterocycles. The lowest BCUT2D eigenvalue weighted by Gasteiger charge is -2.35. The van der Waals surface area contributed by atoms with E-state index < -0.39 is 0 Å². The van der Waals surface area contributed by atoms with Crippen LogP contribution >= 0.6 is 0 Å². The normalized spacial score (nSPS) is 33.9. The highest BCUT2D eigenvalue weighted by atomic mass is 16.2. The molecule has 0 radical (unpaired) electrons. The van der Waals surface area contributed by atoms with Gasteiger partial charge < -0.3 is 15.5 Å². The molecule has 0 spiro atoms. The maximum atomic E-state index is 12.6. The first-order chi connectivity index (χ1) is 13.6. The molecular formula is C23H31N3O2. The Morgan fingerprint density at radius 2 is 1.68 bits per heavy atom. The van der Waals surface area contributed by atoms with Crippen molar-refractivity contribution >= 4 is 11.9 Å². The maximum Gasteiger partial charge on any atom is 0.315 e. The van der Waals surface area contributed by atoms with Crippen LogP contribution in [0.25, 0.3) is 0 Å². The fourth-order valence-corrected chi connectivity index (χ4v) is 6.61. The van der Waals surface area contributed by atoms with Crippen molar-refractivity contribution in [3.63, 3.8) is 0 Å². The van der Waals surface area contributed by atoms with Gasteiger partial charge in [-0.25, -0.2) is 4.79 Å². The van der Waals surface area contributed by atoms with Gasteiger partial charge in [0.25, 0.3) is 5.91 Å². The molecule has 1 heterocycles. The number of hydrogen-bond donors (Lipinski definition) is 2. The summed E-state index contributed by atoms with van der Waals surface area (Å²) in [5, 5.41) is 6.53. The van der Waals surface area contributed by atoms with Crippen molar-refractivity contribution in [1.29, 1.82) is 0 Å². The topological polar surface area (TPSA) is 61.4 Å². The molecule has 5 nitrogen and oxygen atoms in total. The van der Waals surface area contributed by atoms with Crippen molar-refractivity contribution in [3.8, 4) is 0 Å². The SMILES string of the molecule is O=C(NCC1CCN(C(=O)c2ccccc2)CC1)NC12CC3CC(CC1C3)C2. The van der Waals surface area contributed by atoms with E-state index in [9.17, 15) is 9.59 Å². The molecule has 2 N–H and O–H groups in total. The second kappa shape index (κ2) is 7.09. The quantitative estimate of drug-likeness (QED) is 0.840. The van der Waals surface area contributed by atoms with E-state index in [2.05, 4.69) is 10.6 Å². The van der Waals surface area contributed by atoms with E-state index in [0.29, 0.717) is 18.4 Å². The number of piperidine rings is 1. The van der Waals surface area contributed by atoms with Crippen molar-refractivity contribution in [2.75, 3.05) is 19.6 Å². The number of carbonyl (C=O) groups is 2. The lowest BCUT2D eigenvalue weighted by Crippen LogP contribution is -2.53. The molecule has 0 aromatic heterocycles. The minimum Gasteiger partial charge on any atom is -0.339 e. The highest BCUT2D eigenvalue weighted by Crippen LogP contribution is 2.60.